The Morgan fingerprint density at radius 3 is 2.56 bits per heavy atom. The third-order valence-electron chi connectivity index (χ3n) is 2.55. The number of aromatic hydroxyl groups is 1. The van der Waals surface area contributed by atoms with Crippen LogP contribution in [-0.2, 0) is 11.2 Å². The van der Waals surface area contributed by atoms with Gasteiger partial charge < -0.3 is 14.8 Å². The molecule has 0 radical (unpaired) electrons. The zero-order valence-corrected chi connectivity index (χ0v) is 9.30. The lowest BCUT2D eigenvalue weighted by molar-refractivity contribution is -0.141. The van der Waals surface area contributed by atoms with Crippen LogP contribution in [0.3, 0.4) is 0 Å². The molecule has 1 aromatic rings. The standard InChI is InChI=1S/C11H15NO4/c1-3-7-10(14)9(13)5-6-12(7)8(4-2)11(15)16/h5-6,8,14H,3-4H2,1-2H3,(H,15,16). The quantitative estimate of drug-likeness (QED) is 0.805. The van der Waals surface area contributed by atoms with Crippen LogP contribution in [0.1, 0.15) is 32.0 Å². The van der Waals surface area contributed by atoms with Gasteiger partial charge in [0, 0.05) is 12.3 Å². The third-order valence-corrected chi connectivity index (χ3v) is 2.55. The van der Waals surface area contributed by atoms with Gasteiger partial charge in [0.05, 0.1) is 5.69 Å². The average Bonchev–Trinajstić information content (AvgIpc) is 2.24. The monoisotopic (exact) mass is 225 g/mol. The highest BCUT2D eigenvalue weighted by Crippen LogP contribution is 2.19. The highest BCUT2D eigenvalue weighted by atomic mass is 16.4. The third kappa shape index (κ3) is 2.08. The molecule has 0 saturated carbocycles. The number of aromatic nitrogens is 1. The van der Waals surface area contributed by atoms with Crippen molar-refractivity contribution in [2.75, 3.05) is 0 Å². The summed E-state index contributed by atoms with van der Waals surface area (Å²) in [6, 6.07) is 0.432. The van der Waals surface area contributed by atoms with Gasteiger partial charge in [0.25, 0.3) is 0 Å². The second-order valence-corrected chi connectivity index (χ2v) is 3.50. The molecule has 1 rings (SSSR count). The maximum absolute atomic E-state index is 11.2. The van der Waals surface area contributed by atoms with Crippen molar-refractivity contribution in [1.82, 2.24) is 4.57 Å². The summed E-state index contributed by atoms with van der Waals surface area (Å²) in [6.07, 6.45) is 2.22. The second-order valence-electron chi connectivity index (χ2n) is 3.50. The van der Waals surface area contributed by atoms with E-state index >= 15 is 0 Å². The van der Waals surface area contributed by atoms with Crippen LogP contribution < -0.4 is 5.43 Å². The Hall–Kier alpha value is -1.78. The summed E-state index contributed by atoms with van der Waals surface area (Å²) in [5, 5.41) is 18.6. The molecule has 0 amide bonds. The summed E-state index contributed by atoms with van der Waals surface area (Å²) < 4.78 is 1.44. The largest absolute Gasteiger partial charge is 0.503 e. The molecule has 5 nitrogen and oxygen atoms in total. The van der Waals surface area contributed by atoms with E-state index in [-0.39, 0.29) is 5.75 Å². The van der Waals surface area contributed by atoms with Gasteiger partial charge in [-0.05, 0) is 12.8 Å². The molecule has 1 atom stereocenters. The number of carboxylic acids is 1. The number of hydrogen-bond acceptors (Lipinski definition) is 3. The lowest BCUT2D eigenvalue weighted by atomic mass is 10.1. The average molecular weight is 225 g/mol. The van der Waals surface area contributed by atoms with Crippen LogP contribution >= 0.6 is 0 Å². The predicted octanol–water partition coefficient (Wildman–Crippen LogP) is 1.15. The first-order chi connectivity index (χ1) is 7.52. The topological polar surface area (TPSA) is 79.5 Å². The second kappa shape index (κ2) is 4.83. The fraction of sp³-hybridized carbons (Fsp3) is 0.455. The minimum Gasteiger partial charge on any atom is -0.503 e. The van der Waals surface area contributed by atoms with Gasteiger partial charge in [-0.25, -0.2) is 4.79 Å². The molecule has 88 valence electrons. The Balaban J connectivity index is 3.38. The van der Waals surface area contributed by atoms with Crippen LogP contribution in [0.2, 0.25) is 0 Å². The minimum absolute atomic E-state index is 0.357. The van der Waals surface area contributed by atoms with Crippen molar-refractivity contribution in [3.05, 3.63) is 28.2 Å². The molecule has 0 spiro atoms. The van der Waals surface area contributed by atoms with Crippen molar-refractivity contribution in [2.24, 2.45) is 0 Å². The van der Waals surface area contributed by atoms with Crippen molar-refractivity contribution in [1.29, 1.82) is 0 Å². The lowest BCUT2D eigenvalue weighted by Gasteiger charge is -2.19. The molecule has 0 saturated heterocycles. The Bertz CT molecular complexity index is 450. The van der Waals surface area contributed by atoms with Gasteiger partial charge in [0.2, 0.25) is 5.43 Å². The molecular weight excluding hydrogens is 210 g/mol. The van der Waals surface area contributed by atoms with E-state index in [4.69, 9.17) is 5.11 Å². The van der Waals surface area contributed by atoms with Crippen molar-refractivity contribution in [2.45, 2.75) is 32.7 Å². The van der Waals surface area contributed by atoms with E-state index in [2.05, 4.69) is 0 Å². The van der Waals surface area contributed by atoms with Crippen molar-refractivity contribution < 1.29 is 15.0 Å². The van der Waals surface area contributed by atoms with Gasteiger partial charge in [0.1, 0.15) is 6.04 Å². The van der Waals surface area contributed by atoms with E-state index in [0.29, 0.717) is 18.5 Å². The fourth-order valence-corrected chi connectivity index (χ4v) is 1.71. The first kappa shape index (κ1) is 12.3. The van der Waals surface area contributed by atoms with Crippen LogP contribution in [0.5, 0.6) is 5.75 Å². The Morgan fingerprint density at radius 2 is 2.12 bits per heavy atom. The summed E-state index contributed by atoms with van der Waals surface area (Å²) in [6.45, 7) is 3.51. The van der Waals surface area contributed by atoms with Crippen LogP contribution in [0.4, 0.5) is 0 Å². The summed E-state index contributed by atoms with van der Waals surface area (Å²) in [5.74, 6) is -1.33. The van der Waals surface area contributed by atoms with E-state index in [1.54, 1.807) is 13.8 Å². The Labute approximate surface area is 93.0 Å². The SMILES string of the molecule is CCc1c(O)c(=O)ccn1C(CC)C(=O)O. The molecule has 0 bridgehead atoms. The molecule has 0 aliphatic heterocycles. The molecule has 1 heterocycles. The summed E-state index contributed by atoms with van der Waals surface area (Å²) in [5.41, 5.74) is -0.116. The number of carboxylic acid groups (broad SMARTS) is 1. The van der Waals surface area contributed by atoms with E-state index in [9.17, 15) is 14.7 Å². The molecule has 1 unspecified atom stereocenters. The molecular formula is C11H15NO4. The first-order valence-electron chi connectivity index (χ1n) is 5.18. The van der Waals surface area contributed by atoms with Gasteiger partial charge >= 0.3 is 5.97 Å². The summed E-state index contributed by atoms with van der Waals surface area (Å²) in [7, 11) is 0. The number of aliphatic carboxylic acids is 1. The number of nitrogens with zero attached hydrogens (tertiary/aromatic N) is 1. The zero-order chi connectivity index (χ0) is 12.3. The smallest absolute Gasteiger partial charge is 0.326 e. The molecule has 0 aliphatic carbocycles. The van der Waals surface area contributed by atoms with Gasteiger partial charge in [-0.2, -0.15) is 0 Å². The van der Waals surface area contributed by atoms with Gasteiger partial charge in [-0.1, -0.05) is 13.8 Å². The van der Waals surface area contributed by atoms with E-state index < -0.39 is 17.4 Å². The van der Waals surface area contributed by atoms with Gasteiger partial charge in [0.15, 0.2) is 5.75 Å². The van der Waals surface area contributed by atoms with Gasteiger partial charge in [-0.15, -0.1) is 0 Å². The van der Waals surface area contributed by atoms with E-state index in [1.165, 1.54) is 16.8 Å². The number of carbonyl (C=O) groups is 1. The highest BCUT2D eigenvalue weighted by Gasteiger charge is 2.20. The van der Waals surface area contributed by atoms with Crippen molar-refractivity contribution in [3.8, 4) is 5.75 Å². The molecule has 16 heavy (non-hydrogen) atoms. The molecule has 0 aromatic carbocycles. The number of hydrogen-bond donors (Lipinski definition) is 2. The minimum atomic E-state index is -0.972. The van der Waals surface area contributed by atoms with E-state index in [0.717, 1.165) is 0 Å². The highest BCUT2D eigenvalue weighted by molar-refractivity contribution is 5.72. The first-order valence-corrected chi connectivity index (χ1v) is 5.18. The Morgan fingerprint density at radius 1 is 1.50 bits per heavy atom. The zero-order valence-electron chi connectivity index (χ0n) is 9.30. The predicted molar refractivity (Wildman–Crippen MR) is 58.7 cm³/mol. The van der Waals surface area contributed by atoms with Crippen molar-refractivity contribution in [3.63, 3.8) is 0 Å². The summed E-state index contributed by atoms with van der Waals surface area (Å²) >= 11 is 0. The lowest BCUT2D eigenvalue weighted by Crippen LogP contribution is -2.23. The normalized spacial score (nSPS) is 12.4. The van der Waals surface area contributed by atoms with Crippen LogP contribution in [0, 0.1) is 0 Å². The van der Waals surface area contributed by atoms with Crippen LogP contribution in [-0.4, -0.2) is 20.7 Å². The van der Waals surface area contributed by atoms with Crippen LogP contribution in [0.25, 0.3) is 0 Å². The van der Waals surface area contributed by atoms with E-state index in [1.807, 2.05) is 0 Å². The molecule has 5 heteroatoms. The number of pyridine rings is 1. The fourth-order valence-electron chi connectivity index (χ4n) is 1.71. The molecule has 0 aliphatic rings. The maximum Gasteiger partial charge on any atom is 0.326 e. The summed E-state index contributed by atoms with van der Waals surface area (Å²) in [4.78, 5) is 22.2. The van der Waals surface area contributed by atoms with Crippen molar-refractivity contribution >= 4 is 5.97 Å². The maximum atomic E-state index is 11.2. The molecule has 0 fully saturated rings. The van der Waals surface area contributed by atoms with Crippen LogP contribution in [0.15, 0.2) is 17.1 Å². The Kier molecular flexibility index (Phi) is 3.71. The molecule has 1 aromatic heterocycles. The molecule has 2 N–H and O–H groups in total. The van der Waals surface area contributed by atoms with Gasteiger partial charge in [-0.3, -0.25) is 4.79 Å². The number of rotatable bonds is 4.